The predicted molar refractivity (Wildman–Crippen MR) is 118 cm³/mol. The fourth-order valence-corrected chi connectivity index (χ4v) is 5.12. The van der Waals surface area contributed by atoms with E-state index in [1.54, 1.807) is 11.3 Å². The molecule has 5 heteroatoms. The highest BCUT2D eigenvalue weighted by atomic mass is 32.1. The average molecular weight is 408 g/mol. The van der Waals surface area contributed by atoms with E-state index in [0.717, 1.165) is 31.3 Å². The molecule has 1 aliphatic heterocycles. The predicted octanol–water partition coefficient (Wildman–Crippen LogP) is 3.62. The molecule has 1 amide bonds. The zero-order chi connectivity index (χ0) is 20.2. The van der Waals surface area contributed by atoms with E-state index < -0.39 is 0 Å². The Hall–Kier alpha value is -2.47. The van der Waals surface area contributed by atoms with Crippen LogP contribution in [0.1, 0.15) is 38.0 Å². The molecular formula is C24H27N2O2S+. The van der Waals surface area contributed by atoms with Crippen LogP contribution in [0.3, 0.4) is 0 Å². The summed E-state index contributed by atoms with van der Waals surface area (Å²) >= 11 is 1.67. The Bertz CT molecular complexity index is 963. The molecule has 4 nitrogen and oxygen atoms in total. The minimum Gasteiger partial charge on any atom is -0.370 e. The Morgan fingerprint density at radius 1 is 1.00 bits per heavy atom. The normalized spacial score (nSPS) is 15.8. The van der Waals surface area contributed by atoms with E-state index in [4.69, 9.17) is 4.74 Å². The number of benzene rings is 2. The molecule has 150 valence electrons. The molecule has 1 aromatic heterocycles. The van der Waals surface area contributed by atoms with Crippen molar-refractivity contribution in [2.75, 3.05) is 31.6 Å². The Morgan fingerprint density at radius 3 is 2.28 bits per heavy atom. The summed E-state index contributed by atoms with van der Waals surface area (Å²) in [6.07, 6.45) is 0. The van der Waals surface area contributed by atoms with Crippen LogP contribution >= 0.6 is 11.3 Å². The van der Waals surface area contributed by atoms with Crippen molar-refractivity contribution < 1.29 is 14.4 Å². The highest BCUT2D eigenvalue weighted by Gasteiger charge is 2.33. The summed E-state index contributed by atoms with van der Waals surface area (Å²) < 4.78 is 5.62. The second-order valence-corrected chi connectivity index (χ2v) is 8.69. The molecule has 3 aromatic rings. The van der Waals surface area contributed by atoms with Crippen LogP contribution in [0, 0.1) is 13.8 Å². The molecule has 1 atom stereocenters. The zero-order valence-corrected chi connectivity index (χ0v) is 17.7. The first-order chi connectivity index (χ1) is 14.1. The van der Waals surface area contributed by atoms with Crippen molar-refractivity contribution in [2.45, 2.75) is 19.9 Å². The van der Waals surface area contributed by atoms with Gasteiger partial charge in [0, 0.05) is 16.0 Å². The number of hydrogen-bond acceptors (Lipinski definition) is 3. The summed E-state index contributed by atoms with van der Waals surface area (Å²) in [4.78, 5) is 15.6. The van der Waals surface area contributed by atoms with Gasteiger partial charge in [-0.05, 0) is 31.5 Å². The third kappa shape index (κ3) is 4.27. The number of nitrogens with one attached hydrogen (secondary N) is 2. The molecule has 0 spiro atoms. The van der Waals surface area contributed by atoms with Gasteiger partial charge in [-0.15, -0.1) is 11.3 Å². The largest absolute Gasteiger partial charge is 0.370 e. The molecule has 0 saturated carbocycles. The van der Waals surface area contributed by atoms with Gasteiger partial charge in [-0.25, -0.2) is 0 Å². The lowest BCUT2D eigenvalue weighted by Gasteiger charge is -2.32. The molecule has 1 aliphatic rings. The van der Waals surface area contributed by atoms with Crippen molar-refractivity contribution in [1.29, 1.82) is 0 Å². The number of anilines is 1. The molecule has 1 saturated heterocycles. The second-order valence-electron chi connectivity index (χ2n) is 7.46. The van der Waals surface area contributed by atoms with E-state index in [-0.39, 0.29) is 11.9 Å². The molecule has 0 unspecified atom stereocenters. The standard InChI is InChI=1S/C24H26N2O2S/c1-17-18(2)29-24(25-23(27)20-11-7-4-8-12-20)21(17)22(19-9-5-3-6-10-19)26-13-15-28-16-14-26/h3-12,22H,13-16H2,1-2H3,(H,25,27)/p+1/t22-/m0/s1. The van der Waals surface area contributed by atoms with Gasteiger partial charge in [-0.3, -0.25) is 4.79 Å². The lowest BCUT2D eigenvalue weighted by atomic mass is 9.94. The minimum atomic E-state index is -0.0584. The lowest BCUT2D eigenvalue weighted by molar-refractivity contribution is -0.933. The highest BCUT2D eigenvalue weighted by molar-refractivity contribution is 7.16. The van der Waals surface area contributed by atoms with Crippen LogP contribution in [-0.2, 0) is 4.74 Å². The van der Waals surface area contributed by atoms with Gasteiger partial charge >= 0.3 is 0 Å². The average Bonchev–Trinajstić information content (AvgIpc) is 3.04. The summed E-state index contributed by atoms with van der Waals surface area (Å²) in [6.45, 7) is 7.77. The first-order valence-electron chi connectivity index (χ1n) is 10.1. The molecule has 2 N–H and O–H groups in total. The Balaban J connectivity index is 1.75. The van der Waals surface area contributed by atoms with Crippen molar-refractivity contribution in [3.63, 3.8) is 0 Å². The number of carbonyl (C=O) groups is 1. The van der Waals surface area contributed by atoms with E-state index in [9.17, 15) is 4.79 Å². The van der Waals surface area contributed by atoms with Gasteiger partial charge in [0.1, 0.15) is 24.1 Å². The molecular weight excluding hydrogens is 380 g/mol. The summed E-state index contributed by atoms with van der Waals surface area (Å²) in [5, 5.41) is 4.17. The van der Waals surface area contributed by atoms with Crippen molar-refractivity contribution in [1.82, 2.24) is 0 Å². The Labute approximate surface area is 176 Å². The molecule has 0 radical (unpaired) electrons. The SMILES string of the molecule is Cc1sc(NC(=O)c2ccccc2)c([C@H](c2ccccc2)[NH+]2CCOCC2)c1C. The Morgan fingerprint density at radius 2 is 1.62 bits per heavy atom. The maximum absolute atomic E-state index is 12.9. The number of morpholine rings is 1. The summed E-state index contributed by atoms with van der Waals surface area (Å²) in [7, 11) is 0. The molecule has 2 aromatic carbocycles. The quantitative estimate of drug-likeness (QED) is 0.678. The Kier molecular flexibility index (Phi) is 6.09. The first-order valence-corrected chi connectivity index (χ1v) is 10.9. The molecule has 4 rings (SSSR count). The van der Waals surface area contributed by atoms with E-state index in [1.165, 1.54) is 26.5 Å². The topological polar surface area (TPSA) is 42.8 Å². The first kappa shape index (κ1) is 19.8. The summed E-state index contributed by atoms with van der Waals surface area (Å²) in [5.74, 6) is -0.0584. The van der Waals surface area contributed by atoms with Gasteiger partial charge in [-0.2, -0.15) is 0 Å². The number of amides is 1. The van der Waals surface area contributed by atoms with Crippen LogP contribution < -0.4 is 10.2 Å². The van der Waals surface area contributed by atoms with Crippen LogP contribution in [0.4, 0.5) is 5.00 Å². The maximum atomic E-state index is 12.9. The zero-order valence-electron chi connectivity index (χ0n) is 16.9. The number of carbonyl (C=O) groups excluding carboxylic acids is 1. The third-order valence-electron chi connectivity index (χ3n) is 5.66. The van der Waals surface area contributed by atoms with Gasteiger partial charge in [0.15, 0.2) is 0 Å². The van der Waals surface area contributed by atoms with Crippen LogP contribution in [0.25, 0.3) is 0 Å². The van der Waals surface area contributed by atoms with Gasteiger partial charge < -0.3 is 15.0 Å². The van der Waals surface area contributed by atoms with Crippen LogP contribution in [0.15, 0.2) is 60.7 Å². The number of ether oxygens (including phenoxy) is 1. The van der Waals surface area contributed by atoms with Gasteiger partial charge in [0.05, 0.1) is 18.8 Å². The highest BCUT2D eigenvalue weighted by Crippen LogP contribution is 2.38. The second kappa shape index (κ2) is 8.91. The van der Waals surface area contributed by atoms with Crippen LogP contribution in [0.5, 0.6) is 0 Å². The van der Waals surface area contributed by atoms with Crippen molar-refractivity contribution in [3.05, 3.63) is 87.8 Å². The molecule has 29 heavy (non-hydrogen) atoms. The van der Waals surface area contributed by atoms with Gasteiger partial charge in [0.25, 0.3) is 5.91 Å². The van der Waals surface area contributed by atoms with E-state index in [2.05, 4.69) is 49.5 Å². The van der Waals surface area contributed by atoms with E-state index >= 15 is 0 Å². The number of rotatable bonds is 5. The minimum absolute atomic E-state index is 0.0584. The maximum Gasteiger partial charge on any atom is 0.256 e. The number of aryl methyl sites for hydroxylation is 1. The summed E-state index contributed by atoms with van der Waals surface area (Å²) in [6, 6.07) is 20.2. The number of thiophene rings is 1. The van der Waals surface area contributed by atoms with Crippen molar-refractivity contribution in [2.24, 2.45) is 0 Å². The number of quaternary nitrogens is 1. The van der Waals surface area contributed by atoms with Gasteiger partial charge in [-0.1, -0.05) is 48.5 Å². The van der Waals surface area contributed by atoms with E-state index in [1.807, 2.05) is 30.3 Å². The monoisotopic (exact) mass is 407 g/mol. The molecule has 0 aliphatic carbocycles. The van der Waals surface area contributed by atoms with E-state index in [0.29, 0.717) is 5.56 Å². The van der Waals surface area contributed by atoms with Gasteiger partial charge in [0.2, 0.25) is 0 Å². The molecule has 1 fully saturated rings. The fourth-order valence-electron chi connectivity index (χ4n) is 4.02. The summed E-state index contributed by atoms with van der Waals surface area (Å²) in [5.41, 5.74) is 4.46. The smallest absolute Gasteiger partial charge is 0.256 e. The fraction of sp³-hybridized carbons (Fsp3) is 0.292. The lowest BCUT2D eigenvalue weighted by Crippen LogP contribution is -3.14. The van der Waals surface area contributed by atoms with Crippen LogP contribution in [-0.4, -0.2) is 32.2 Å². The van der Waals surface area contributed by atoms with Crippen molar-refractivity contribution >= 4 is 22.2 Å². The molecule has 2 heterocycles. The third-order valence-corrected chi connectivity index (χ3v) is 6.80. The molecule has 0 bridgehead atoms. The number of hydrogen-bond donors (Lipinski definition) is 2. The van der Waals surface area contributed by atoms with Crippen LogP contribution in [0.2, 0.25) is 0 Å². The van der Waals surface area contributed by atoms with Crippen molar-refractivity contribution in [3.8, 4) is 0 Å².